The quantitative estimate of drug-likeness (QED) is 0.111. The van der Waals surface area contributed by atoms with Crippen LogP contribution in [0, 0.1) is 0 Å². The Morgan fingerprint density at radius 1 is 0.950 bits per heavy atom. The Morgan fingerprint density at radius 3 is 2.15 bits per heavy atom. The molecule has 15 heteroatoms. The molecule has 0 aliphatic rings. The molecule has 2 aromatic rings. The Balaban J connectivity index is 2.20. The number of primary amides is 1. The number of nitrogens with one attached hydrogen (secondary N) is 4. The van der Waals surface area contributed by atoms with Crippen LogP contribution in [-0.4, -0.2) is 86.0 Å². The van der Waals surface area contributed by atoms with Crippen molar-refractivity contribution in [3.8, 4) is 5.75 Å². The van der Waals surface area contributed by atoms with Crippen LogP contribution in [0.2, 0.25) is 0 Å². The molecule has 40 heavy (non-hydrogen) atoms. The van der Waals surface area contributed by atoms with Crippen LogP contribution < -0.4 is 27.4 Å². The number of nitrogens with zero attached hydrogens (tertiary/aromatic N) is 1. The summed E-state index contributed by atoms with van der Waals surface area (Å²) < 4.78 is 0. The van der Waals surface area contributed by atoms with Crippen molar-refractivity contribution in [2.45, 2.75) is 56.3 Å². The number of carboxylic acids is 1. The average Bonchev–Trinajstić information content (AvgIpc) is 3.42. The number of imidazole rings is 1. The van der Waals surface area contributed by atoms with Crippen LogP contribution in [0.1, 0.15) is 30.5 Å². The van der Waals surface area contributed by atoms with E-state index >= 15 is 0 Å². The van der Waals surface area contributed by atoms with Crippen LogP contribution in [0.3, 0.4) is 0 Å². The van der Waals surface area contributed by atoms with E-state index in [1.165, 1.54) is 48.6 Å². The number of nitrogens with two attached hydrogens (primary N) is 2. The minimum atomic E-state index is -1.38. The molecule has 4 atom stereocenters. The Hall–Kier alpha value is -4.11. The van der Waals surface area contributed by atoms with Crippen LogP contribution in [-0.2, 0) is 36.8 Å². The van der Waals surface area contributed by atoms with E-state index in [2.05, 4.69) is 25.9 Å². The van der Waals surface area contributed by atoms with Gasteiger partial charge in [-0.15, -0.1) is 0 Å². The summed E-state index contributed by atoms with van der Waals surface area (Å²) >= 11 is 1.52. The molecule has 0 fully saturated rings. The fourth-order valence-corrected chi connectivity index (χ4v) is 4.14. The lowest BCUT2D eigenvalue weighted by Gasteiger charge is -2.25. The molecule has 2 rings (SSSR count). The number of aromatic hydroxyl groups is 1. The Labute approximate surface area is 235 Å². The molecule has 0 radical (unpaired) electrons. The number of carbonyl (C=O) groups is 5. The van der Waals surface area contributed by atoms with Crippen LogP contribution in [0.15, 0.2) is 36.8 Å². The number of benzene rings is 1. The van der Waals surface area contributed by atoms with Gasteiger partial charge in [-0.05, 0) is 42.5 Å². The van der Waals surface area contributed by atoms with Crippen molar-refractivity contribution in [2.75, 3.05) is 12.0 Å². The molecule has 0 saturated carbocycles. The highest BCUT2D eigenvalue weighted by molar-refractivity contribution is 7.98. The summed E-state index contributed by atoms with van der Waals surface area (Å²) in [5.74, 6) is -3.60. The standard InChI is InChI=1S/C25H35N7O7S/c1-40-9-8-17(26)22(35)31-19(11-15-12-28-13-29-15)24(37)30-18(6-7-21(27)34)23(36)32-20(25(38)39)10-14-2-4-16(33)5-3-14/h2-5,12-13,17-20,33H,6-11,26H2,1H3,(H2,27,34)(H,28,29)(H,30,37)(H,31,35)(H,32,36)(H,38,39). The number of phenols is 1. The number of H-pyrrole nitrogens is 1. The predicted molar refractivity (Wildman–Crippen MR) is 147 cm³/mol. The summed E-state index contributed by atoms with van der Waals surface area (Å²) in [4.78, 5) is 69.2. The van der Waals surface area contributed by atoms with Gasteiger partial charge in [0.1, 0.15) is 23.9 Å². The molecule has 0 saturated heterocycles. The SMILES string of the molecule is CSCCC(N)C(=O)NC(Cc1cnc[nH]1)C(=O)NC(CCC(N)=O)C(=O)NC(Cc1ccc(O)cc1)C(=O)O. The zero-order valence-corrected chi connectivity index (χ0v) is 22.8. The number of carboxylic acid groups (broad SMARTS) is 1. The van der Waals surface area contributed by atoms with Gasteiger partial charge in [-0.25, -0.2) is 9.78 Å². The lowest BCUT2D eigenvalue weighted by atomic mass is 10.0. The van der Waals surface area contributed by atoms with Crippen molar-refractivity contribution in [3.05, 3.63) is 48.0 Å². The van der Waals surface area contributed by atoms with Crippen molar-refractivity contribution < 1.29 is 34.2 Å². The van der Waals surface area contributed by atoms with Gasteiger partial charge in [0.15, 0.2) is 0 Å². The van der Waals surface area contributed by atoms with E-state index in [0.717, 1.165) is 0 Å². The molecule has 0 aliphatic heterocycles. The fourth-order valence-electron chi connectivity index (χ4n) is 3.65. The lowest BCUT2D eigenvalue weighted by molar-refractivity contribution is -0.142. The Morgan fingerprint density at radius 2 is 1.57 bits per heavy atom. The molecule has 10 N–H and O–H groups in total. The molecule has 1 heterocycles. The number of phenolic OH excluding ortho intramolecular Hbond substituents is 1. The Bertz CT molecular complexity index is 1140. The third-order valence-corrected chi connectivity index (χ3v) is 6.53. The lowest BCUT2D eigenvalue weighted by Crippen LogP contribution is -2.58. The number of hydrogen-bond donors (Lipinski definition) is 8. The van der Waals surface area contributed by atoms with E-state index in [9.17, 15) is 34.2 Å². The molecular weight excluding hydrogens is 542 g/mol. The monoisotopic (exact) mass is 577 g/mol. The van der Waals surface area contributed by atoms with Gasteiger partial charge in [0, 0.05) is 31.2 Å². The second-order valence-electron chi connectivity index (χ2n) is 9.07. The first-order valence-electron chi connectivity index (χ1n) is 12.4. The molecule has 0 aliphatic carbocycles. The predicted octanol–water partition coefficient (Wildman–Crippen LogP) is -1.21. The van der Waals surface area contributed by atoms with Gasteiger partial charge in [0.25, 0.3) is 0 Å². The zero-order valence-electron chi connectivity index (χ0n) is 22.0. The summed E-state index contributed by atoms with van der Waals surface area (Å²) in [7, 11) is 0. The number of thioether (sulfide) groups is 1. The summed E-state index contributed by atoms with van der Waals surface area (Å²) in [6.07, 6.45) is 4.53. The molecule has 1 aromatic carbocycles. The third kappa shape index (κ3) is 10.9. The first-order chi connectivity index (χ1) is 19.0. The maximum absolute atomic E-state index is 13.3. The van der Waals surface area contributed by atoms with Gasteiger partial charge in [-0.2, -0.15) is 11.8 Å². The third-order valence-electron chi connectivity index (χ3n) is 5.88. The molecule has 4 amide bonds. The molecular formula is C25H35N7O7S. The number of aromatic nitrogens is 2. The van der Waals surface area contributed by atoms with Crippen molar-refractivity contribution in [2.24, 2.45) is 11.5 Å². The van der Waals surface area contributed by atoms with E-state index in [0.29, 0.717) is 23.4 Å². The minimum Gasteiger partial charge on any atom is -0.508 e. The van der Waals surface area contributed by atoms with Crippen molar-refractivity contribution in [1.29, 1.82) is 0 Å². The van der Waals surface area contributed by atoms with Gasteiger partial charge >= 0.3 is 5.97 Å². The maximum Gasteiger partial charge on any atom is 0.326 e. The molecule has 218 valence electrons. The molecule has 0 bridgehead atoms. The average molecular weight is 578 g/mol. The van der Waals surface area contributed by atoms with Crippen molar-refractivity contribution >= 4 is 41.4 Å². The first-order valence-corrected chi connectivity index (χ1v) is 13.8. The van der Waals surface area contributed by atoms with Crippen LogP contribution in [0.5, 0.6) is 5.75 Å². The molecule has 14 nitrogen and oxygen atoms in total. The topological polar surface area (TPSA) is 243 Å². The second-order valence-corrected chi connectivity index (χ2v) is 10.1. The van der Waals surface area contributed by atoms with E-state index in [4.69, 9.17) is 11.5 Å². The maximum atomic E-state index is 13.3. The van der Waals surface area contributed by atoms with Crippen LogP contribution in [0.4, 0.5) is 0 Å². The van der Waals surface area contributed by atoms with Gasteiger partial charge in [-0.3, -0.25) is 19.2 Å². The number of amides is 4. The van der Waals surface area contributed by atoms with Gasteiger partial charge in [0.2, 0.25) is 23.6 Å². The normalized spacial score (nSPS) is 13.8. The van der Waals surface area contributed by atoms with Crippen molar-refractivity contribution in [1.82, 2.24) is 25.9 Å². The van der Waals surface area contributed by atoms with Gasteiger partial charge in [-0.1, -0.05) is 12.1 Å². The molecule has 1 aromatic heterocycles. The molecule has 0 spiro atoms. The molecule has 4 unspecified atom stereocenters. The van der Waals surface area contributed by atoms with E-state index in [-0.39, 0.29) is 31.4 Å². The Kier molecular flexibility index (Phi) is 12.9. The van der Waals surface area contributed by atoms with Crippen LogP contribution in [0.25, 0.3) is 0 Å². The van der Waals surface area contributed by atoms with Crippen LogP contribution >= 0.6 is 11.8 Å². The number of carbonyl (C=O) groups excluding carboxylic acids is 4. The van der Waals surface area contributed by atoms with Crippen molar-refractivity contribution in [3.63, 3.8) is 0 Å². The van der Waals surface area contributed by atoms with Gasteiger partial charge < -0.3 is 42.6 Å². The van der Waals surface area contributed by atoms with E-state index < -0.39 is 53.8 Å². The highest BCUT2D eigenvalue weighted by Gasteiger charge is 2.31. The van der Waals surface area contributed by atoms with E-state index in [1.54, 1.807) is 0 Å². The summed E-state index contributed by atoms with van der Waals surface area (Å²) in [6, 6.07) is 1.04. The summed E-state index contributed by atoms with van der Waals surface area (Å²) in [5.41, 5.74) is 12.2. The summed E-state index contributed by atoms with van der Waals surface area (Å²) in [5, 5.41) is 26.6. The number of aromatic amines is 1. The number of rotatable bonds is 17. The summed E-state index contributed by atoms with van der Waals surface area (Å²) in [6.45, 7) is 0. The second kappa shape index (κ2) is 16.1. The number of aliphatic carboxylic acids is 1. The largest absolute Gasteiger partial charge is 0.508 e. The first kappa shape index (κ1) is 32.1. The highest BCUT2D eigenvalue weighted by Crippen LogP contribution is 2.12. The fraction of sp³-hybridized carbons (Fsp3) is 0.440. The van der Waals surface area contributed by atoms with Gasteiger partial charge in [0.05, 0.1) is 12.4 Å². The number of hydrogen-bond acceptors (Lipinski definition) is 9. The van der Waals surface area contributed by atoms with E-state index in [1.807, 2.05) is 6.26 Å². The minimum absolute atomic E-state index is 0.00382. The smallest absolute Gasteiger partial charge is 0.326 e. The highest BCUT2D eigenvalue weighted by atomic mass is 32.2. The zero-order chi connectivity index (χ0) is 29.7.